The molecule has 308 valence electrons. The van der Waals surface area contributed by atoms with Gasteiger partial charge in [-0.1, -0.05) is 88.7 Å². The molecule has 2 N–H and O–H groups in total. The topological polar surface area (TPSA) is 147 Å². The van der Waals surface area contributed by atoms with Crippen LogP contribution < -0.4 is 5.32 Å². The fourth-order valence-corrected chi connectivity index (χ4v) is 9.92. The van der Waals surface area contributed by atoms with E-state index in [9.17, 15) is 14.7 Å². The number of hydrogen-bond donors (Lipinski definition) is 2. The summed E-state index contributed by atoms with van der Waals surface area (Å²) in [6.45, 7) is 11.2. The number of morpholine rings is 1. The molecule has 0 aliphatic carbocycles. The molecule has 1 spiro atoms. The minimum Gasteiger partial charge on any atom is -0.455 e. The highest BCUT2D eigenvalue weighted by Gasteiger charge is 2.77. The van der Waals surface area contributed by atoms with E-state index < -0.39 is 66.3 Å². The Labute approximate surface area is 343 Å². The van der Waals surface area contributed by atoms with Crippen molar-refractivity contribution in [3.05, 3.63) is 97.1 Å². The smallest absolute Gasteiger partial charge is 0.313 e. The summed E-state index contributed by atoms with van der Waals surface area (Å²) < 4.78 is 24.3. The highest BCUT2D eigenvalue weighted by atomic mass is 79.9. The molecule has 6 rings (SSSR count). The van der Waals surface area contributed by atoms with Gasteiger partial charge in [-0.15, -0.1) is 13.2 Å². The minimum absolute atomic E-state index is 0.0379. The number of amides is 3. The molecule has 3 amide bonds. The Hall–Kier alpha value is -3.92. The maximum absolute atomic E-state index is 15.1. The van der Waals surface area contributed by atoms with Crippen molar-refractivity contribution in [2.45, 2.75) is 66.4 Å². The van der Waals surface area contributed by atoms with Crippen LogP contribution in [0.3, 0.4) is 0 Å². The normalized spacial score (nSPS) is 27.0. The summed E-state index contributed by atoms with van der Waals surface area (Å²) in [4.78, 5) is 63.1. The first-order chi connectivity index (χ1) is 27.7. The Balaban J connectivity index is 1.36. The van der Waals surface area contributed by atoms with E-state index in [1.54, 1.807) is 29.2 Å². The van der Waals surface area contributed by atoms with Crippen molar-refractivity contribution in [3.8, 4) is 0 Å². The van der Waals surface area contributed by atoms with Crippen LogP contribution in [0.5, 0.6) is 0 Å². The van der Waals surface area contributed by atoms with Crippen LogP contribution in [-0.4, -0.2) is 144 Å². The molecule has 9 atom stereocenters. The highest BCUT2D eigenvalue weighted by molar-refractivity contribution is 9.09. The largest absolute Gasteiger partial charge is 0.455 e. The molecule has 4 heterocycles. The number of carbonyl (C=O) groups is 4. The van der Waals surface area contributed by atoms with Gasteiger partial charge in [0.05, 0.1) is 56.5 Å². The number of nitrogens with zero attached hydrogens (tertiary/aromatic N) is 3. The predicted octanol–water partition coefficient (Wildman–Crippen LogP) is 3.07. The van der Waals surface area contributed by atoms with E-state index in [1.807, 2.05) is 48.5 Å². The van der Waals surface area contributed by atoms with Crippen LogP contribution in [0.1, 0.15) is 36.5 Å². The second-order valence-electron chi connectivity index (χ2n) is 15.2. The number of rotatable bonds is 20. The molecular weight excluding hydrogens is 796 g/mol. The molecule has 57 heavy (non-hydrogen) atoms. The summed E-state index contributed by atoms with van der Waals surface area (Å²) in [7, 11) is 1.50. The number of nitrogens with one attached hydrogen (secondary N) is 1. The molecule has 4 aliphatic heterocycles. The molecule has 2 aromatic rings. The van der Waals surface area contributed by atoms with Crippen LogP contribution in [0, 0.1) is 11.8 Å². The van der Waals surface area contributed by atoms with E-state index in [2.05, 4.69) is 39.3 Å². The number of carbonyl (C=O) groups excluding carboxylic acids is 4. The van der Waals surface area contributed by atoms with E-state index in [-0.39, 0.29) is 49.1 Å². The van der Waals surface area contributed by atoms with Gasteiger partial charge in [0, 0.05) is 51.1 Å². The standard InChI is InChI=1S/C43H55BrN4O9/c1-4-6-17-34(50)45-33(28-54-3)37(30-15-11-8-12-16-30)56-42(53)35-36-40(51)48(31(27-49)25-29-13-9-7-10-14-29)39(43(36)26-32(44)38(35)57-43)41(52)47(18-5-2)20-19-46-21-23-55-24-22-46/h4-5,7-16,31-33,35-39,49H,1-2,6,17-28H2,3H3,(H,45,50)/t31-,32?,33+,35+,36-,37+,38+,39+,43-/m1/s1. The highest BCUT2D eigenvalue weighted by Crippen LogP contribution is 2.61. The maximum Gasteiger partial charge on any atom is 0.313 e. The first-order valence-electron chi connectivity index (χ1n) is 19.8. The van der Waals surface area contributed by atoms with Crippen LogP contribution in [0.4, 0.5) is 0 Å². The summed E-state index contributed by atoms with van der Waals surface area (Å²) in [5, 5.41) is 14.0. The maximum atomic E-state index is 15.1. The first kappa shape index (κ1) is 42.7. The van der Waals surface area contributed by atoms with E-state index in [1.165, 1.54) is 12.0 Å². The van der Waals surface area contributed by atoms with Gasteiger partial charge in [-0.25, -0.2) is 0 Å². The van der Waals surface area contributed by atoms with Gasteiger partial charge in [0.2, 0.25) is 17.7 Å². The molecule has 4 saturated heterocycles. The van der Waals surface area contributed by atoms with Gasteiger partial charge in [-0.05, 0) is 30.4 Å². The molecule has 2 aromatic carbocycles. The molecule has 0 radical (unpaired) electrons. The van der Waals surface area contributed by atoms with Crippen LogP contribution >= 0.6 is 15.9 Å². The van der Waals surface area contributed by atoms with Crippen molar-refractivity contribution in [1.29, 1.82) is 0 Å². The summed E-state index contributed by atoms with van der Waals surface area (Å²) in [6.07, 6.45) is 2.78. The number of likely N-dealkylation sites (tertiary alicyclic amines) is 1. The summed E-state index contributed by atoms with van der Waals surface area (Å²) >= 11 is 3.78. The van der Waals surface area contributed by atoms with Gasteiger partial charge in [0.25, 0.3) is 0 Å². The predicted molar refractivity (Wildman–Crippen MR) is 216 cm³/mol. The van der Waals surface area contributed by atoms with Gasteiger partial charge in [0.1, 0.15) is 17.7 Å². The zero-order valence-corrected chi connectivity index (χ0v) is 34.2. The lowest BCUT2D eigenvalue weighted by atomic mass is 9.70. The monoisotopic (exact) mass is 850 g/mol. The van der Waals surface area contributed by atoms with Crippen molar-refractivity contribution >= 4 is 39.6 Å². The molecule has 2 bridgehead atoms. The molecule has 4 fully saturated rings. The fraction of sp³-hybridized carbons (Fsp3) is 0.535. The third-order valence-corrected chi connectivity index (χ3v) is 12.5. The lowest BCUT2D eigenvalue weighted by Crippen LogP contribution is -2.60. The minimum atomic E-state index is -1.40. The van der Waals surface area contributed by atoms with Gasteiger partial charge >= 0.3 is 5.97 Å². The third kappa shape index (κ3) is 9.21. The van der Waals surface area contributed by atoms with Gasteiger partial charge < -0.3 is 39.2 Å². The Morgan fingerprint density at radius 2 is 1.79 bits per heavy atom. The number of aliphatic hydroxyl groups is 1. The summed E-state index contributed by atoms with van der Waals surface area (Å²) in [6, 6.07) is 15.9. The number of alkyl halides is 1. The third-order valence-electron chi connectivity index (χ3n) is 11.6. The number of hydrogen-bond acceptors (Lipinski definition) is 10. The average Bonchev–Trinajstić information content (AvgIpc) is 3.83. The number of ether oxygens (including phenoxy) is 4. The summed E-state index contributed by atoms with van der Waals surface area (Å²) in [5.74, 6) is -3.89. The van der Waals surface area contributed by atoms with Crippen molar-refractivity contribution in [3.63, 3.8) is 0 Å². The van der Waals surface area contributed by atoms with Crippen molar-refractivity contribution in [2.75, 3.05) is 66.3 Å². The van der Waals surface area contributed by atoms with Gasteiger partial charge in [-0.2, -0.15) is 0 Å². The van der Waals surface area contributed by atoms with Crippen LogP contribution in [0.25, 0.3) is 0 Å². The Morgan fingerprint density at radius 3 is 2.44 bits per heavy atom. The van der Waals surface area contributed by atoms with Crippen molar-refractivity contribution in [1.82, 2.24) is 20.0 Å². The molecule has 0 saturated carbocycles. The lowest BCUT2D eigenvalue weighted by Gasteiger charge is -2.40. The number of allylic oxidation sites excluding steroid dienone is 1. The second-order valence-corrected chi connectivity index (χ2v) is 16.4. The van der Waals surface area contributed by atoms with Gasteiger partial charge in [0.15, 0.2) is 0 Å². The zero-order chi connectivity index (χ0) is 40.5. The van der Waals surface area contributed by atoms with Crippen molar-refractivity contribution < 1.29 is 43.2 Å². The van der Waals surface area contributed by atoms with Gasteiger partial charge in [-0.3, -0.25) is 24.1 Å². The number of esters is 1. The number of benzene rings is 2. The fourth-order valence-electron chi connectivity index (χ4n) is 8.98. The molecule has 14 heteroatoms. The molecule has 13 nitrogen and oxygen atoms in total. The quantitative estimate of drug-likeness (QED) is 0.116. The average molecular weight is 852 g/mol. The Bertz CT molecular complexity index is 1710. The molecule has 1 unspecified atom stereocenters. The van der Waals surface area contributed by atoms with Crippen molar-refractivity contribution in [2.24, 2.45) is 11.8 Å². The molecule has 4 aliphatic rings. The zero-order valence-electron chi connectivity index (χ0n) is 32.6. The SMILES string of the molecule is C=CCCC(=O)N[C@@H](COC)[C@@H](OC(=O)[C@@H]1[C@H]2O[C@@]3(CC2Br)[C@H](C(=O)N(CC=C)CCN2CCOCC2)N([C@@H](CO)Cc2ccccc2)C(=O)[C@@H]13)c1ccccc1. The number of aliphatic hydroxyl groups excluding tert-OH is 1. The number of fused-ring (bicyclic) bond motifs is 1. The van der Waals surface area contributed by atoms with Crippen LogP contribution in [0.15, 0.2) is 86.0 Å². The molecule has 0 aromatic heterocycles. The number of halogens is 1. The second kappa shape index (κ2) is 19.7. The van der Waals surface area contributed by atoms with E-state index in [4.69, 9.17) is 18.9 Å². The molecular formula is C43H55BrN4O9. The first-order valence-corrected chi connectivity index (χ1v) is 20.7. The Morgan fingerprint density at radius 1 is 1.09 bits per heavy atom. The lowest BCUT2D eigenvalue weighted by molar-refractivity contribution is -0.163. The summed E-state index contributed by atoms with van der Waals surface area (Å²) in [5.41, 5.74) is 0.110. The van der Waals surface area contributed by atoms with E-state index >= 15 is 9.59 Å². The van der Waals surface area contributed by atoms with E-state index in [0.29, 0.717) is 38.3 Å². The number of methoxy groups -OCH3 is 1. The van der Waals surface area contributed by atoms with E-state index in [0.717, 1.165) is 18.7 Å². The Kier molecular flexibility index (Phi) is 14.7. The van der Waals surface area contributed by atoms with Crippen LogP contribution in [-0.2, 0) is 44.5 Å². The van der Waals surface area contributed by atoms with Crippen LogP contribution in [0.2, 0.25) is 0 Å².